The van der Waals surface area contributed by atoms with Crippen molar-refractivity contribution in [2.75, 3.05) is 7.11 Å². The second kappa shape index (κ2) is 5.55. The monoisotopic (exact) mass is 299 g/mol. The molecule has 1 aromatic heterocycles. The van der Waals surface area contributed by atoms with E-state index in [-0.39, 0.29) is 6.54 Å². The van der Waals surface area contributed by atoms with E-state index in [1.54, 1.807) is 6.07 Å². The molecule has 0 bridgehead atoms. The largest absolute Gasteiger partial charge is 0.496 e. The van der Waals surface area contributed by atoms with Crippen LogP contribution in [0.1, 0.15) is 21.6 Å². The normalized spacial score (nSPS) is 11.5. The van der Waals surface area contributed by atoms with Crippen LogP contribution in [0, 0.1) is 6.92 Å². The Kier molecular flexibility index (Phi) is 3.97. The van der Waals surface area contributed by atoms with Gasteiger partial charge in [0.15, 0.2) is 5.69 Å². The van der Waals surface area contributed by atoms with Gasteiger partial charge in [0.1, 0.15) is 5.75 Å². The fraction of sp³-hybridized carbons (Fsp3) is 0.308. The first-order valence-electron chi connectivity index (χ1n) is 5.96. The maximum atomic E-state index is 12.3. The van der Waals surface area contributed by atoms with Crippen molar-refractivity contribution >= 4 is 5.78 Å². The third kappa shape index (κ3) is 3.39. The number of carbonyl (C=O) groups is 1. The third-order valence-electron chi connectivity index (χ3n) is 2.80. The van der Waals surface area contributed by atoms with E-state index in [0.29, 0.717) is 5.75 Å². The van der Waals surface area contributed by atoms with Crippen LogP contribution in [0.3, 0.4) is 0 Å². The molecule has 0 atom stereocenters. The topological polar surface area (TPSA) is 57.0 Å². The van der Waals surface area contributed by atoms with Gasteiger partial charge in [0.25, 0.3) is 5.78 Å². The Balaban J connectivity index is 2.24. The summed E-state index contributed by atoms with van der Waals surface area (Å²) in [6.07, 6.45) is -3.99. The minimum Gasteiger partial charge on any atom is -0.496 e. The number of hydrogen-bond donors (Lipinski definition) is 0. The number of aryl methyl sites for hydroxylation is 1. The summed E-state index contributed by atoms with van der Waals surface area (Å²) in [6.45, 7) is 2.03. The maximum Gasteiger partial charge on any atom is 0.456 e. The molecule has 8 heteroatoms. The second-order valence-electron chi connectivity index (χ2n) is 4.44. The minimum atomic E-state index is -4.96. The number of alkyl halides is 3. The predicted molar refractivity (Wildman–Crippen MR) is 67.2 cm³/mol. The van der Waals surface area contributed by atoms with Crippen molar-refractivity contribution in [3.63, 3.8) is 0 Å². The van der Waals surface area contributed by atoms with Crippen LogP contribution in [0.4, 0.5) is 13.2 Å². The SMILES string of the molecule is COc1ccc(C)cc1Cn1cc(C(=O)C(F)(F)F)nn1. The average Bonchev–Trinajstić information content (AvgIpc) is 2.85. The van der Waals surface area contributed by atoms with Crippen LogP contribution in [-0.4, -0.2) is 34.1 Å². The zero-order valence-corrected chi connectivity index (χ0v) is 11.3. The van der Waals surface area contributed by atoms with Crippen LogP contribution in [0.5, 0.6) is 5.75 Å². The molecule has 1 aromatic carbocycles. The van der Waals surface area contributed by atoms with Crippen LogP contribution in [0.2, 0.25) is 0 Å². The highest BCUT2D eigenvalue weighted by Gasteiger charge is 2.41. The Bertz CT molecular complexity index is 665. The number of carbonyl (C=O) groups excluding carboxylic acids is 1. The third-order valence-corrected chi connectivity index (χ3v) is 2.80. The lowest BCUT2D eigenvalue weighted by Crippen LogP contribution is -2.23. The number of hydrogen-bond acceptors (Lipinski definition) is 4. The lowest BCUT2D eigenvalue weighted by Gasteiger charge is -2.09. The van der Waals surface area contributed by atoms with Crippen LogP contribution in [0.15, 0.2) is 24.4 Å². The van der Waals surface area contributed by atoms with Gasteiger partial charge >= 0.3 is 6.18 Å². The molecule has 0 aliphatic rings. The molecule has 0 saturated carbocycles. The van der Waals surface area contributed by atoms with E-state index in [2.05, 4.69) is 10.3 Å². The number of benzene rings is 1. The molecule has 0 aliphatic carbocycles. The molecule has 0 saturated heterocycles. The Morgan fingerprint density at radius 1 is 1.38 bits per heavy atom. The number of ether oxygens (including phenoxy) is 1. The van der Waals surface area contributed by atoms with Crippen molar-refractivity contribution in [3.05, 3.63) is 41.2 Å². The standard InChI is InChI=1S/C13H12F3N3O2/c1-8-3-4-11(21-2)9(5-8)6-19-7-10(17-18-19)12(20)13(14,15)16/h3-5,7H,6H2,1-2H3. The minimum absolute atomic E-state index is 0.156. The lowest BCUT2D eigenvalue weighted by molar-refractivity contribution is -0.0888. The number of aromatic nitrogens is 3. The lowest BCUT2D eigenvalue weighted by atomic mass is 10.1. The van der Waals surface area contributed by atoms with Gasteiger partial charge in [-0.05, 0) is 13.0 Å². The van der Waals surface area contributed by atoms with Crippen LogP contribution >= 0.6 is 0 Å². The van der Waals surface area contributed by atoms with Crippen LogP contribution < -0.4 is 4.74 Å². The Morgan fingerprint density at radius 3 is 2.71 bits per heavy atom. The second-order valence-corrected chi connectivity index (χ2v) is 4.44. The molecule has 2 rings (SSSR count). The molecule has 1 heterocycles. The highest BCUT2D eigenvalue weighted by molar-refractivity contribution is 5.98. The summed E-state index contributed by atoms with van der Waals surface area (Å²) in [4.78, 5) is 11.0. The zero-order valence-electron chi connectivity index (χ0n) is 11.3. The molecule has 112 valence electrons. The Hall–Kier alpha value is -2.38. The summed E-state index contributed by atoms with van der Waals surface area (Å²) in [7, 11) is 1.49. The summed E-state index contributed by atoms with van der Waals surface area (Å²) in [5.74, 6) is -1.43. The quantitative estimate of drug-likeness (QED) is 0.813. The van der Waals surface area contributed by atoms with Gasteiger partial charge < -0.3 is 4.74 Å². The number of Topliss-reactive ketones (excluding diaryl/α,β-unsaturated/α-hetero) is 1. The molecule has 0 N–H and O–H groups in total. The van der Waals surface area contributed by atoms with Crippen molar-refractivity contribution in [2.45, 2.75) is 19.6 Å². The van der Waals surface area contributed by atoms with E-state index in [9.17, 15) is 18.0 Å². The van der Waals surface area contributed by atoms with Crippen molar-refractivity contribution < 1.29 is 22.7 Å². The highest BCUT2D eigenvalue weighted by Crippen LogP contribution is 2.22. The Labute approximate surface area is 118 Å². The van der Waals surface area contributed by atoms with Crippen molar-refractivity contribution in [2.24, 2.45) is 0 Å². The van der Waals surface area contributed by atoms with E-state index in [0.717, 1.165) is 22.0 Å². The molecule has 21 heavy (non-hydrogen) atoms. The smallest absolute Gasteiger partial charge is 0.456 e. The van der Waals surface area contributed by atoms with Gasteiger partial charge in [-0.15, -0.1) is 5.10 Å². The number of halogens is 3. The fourth-order valence-electron chi connectivity index (χ4n) is 1.83. The van der Waals surface area contributed by atoms with E-state index in [1.165, 1.54) is 7.11 Å². The first kappa shape index (κ1) is 15.0. The molecule has 0 spiro atoms. The molecule has 0 unspecified atom stereocenters. The molecule has 0 radical (unpaired) electrons. The van der Waals surface area contributed by atoms with Crippen molar-refractivity contribution in [1.82, 2.24) is 15.0 Å². The van der Waals surface area contributed by atoms with Gasteiger partial charge in [-0.2, -0.15) is 13.2 Å². The maximum absolute atomic E-state index is 12.3. The van der Waals surface area contributed by atoms with Crippen LogP contribution in [-0.2, 0) is 6.54 Å². The summed E-state index contributed by atoms with van der Waals surface area (Å²) < 4.78 is 43.2. The van der Waals surface area contributed by atoms with E-state index >= 15 is 0 Å². The van der Waals surface area contributed by atoms with Gasteiger partial charge in [-0.1, -0.05) is 22.9 Å². The fourth-order valence-corrected chi connectivity index (χ4v) is 1.83. The predicted octanol–water partition coefficient (Wildman–Crippen LogP) is 2.39. The van der Waals surface area contributed by atoms with Crippen molar-refractivity contribution in [3.8, 4) is 5.75 Å². The number of nitrogens with zero attached hydrogens (tertiary/aromatic N) is 3. The molecular formula is C13H12F3N3O2. The molecule has 0 aliphatic heterocycles. The molecular weight excluding hydrogens is 287 g/mol. The number of ketones is 1. The summed E-state index contributed by atoms with van der Waals surface area (Å²) in [5.41, 5.74) is 0.972. The molecule has 0 amide bonds. The summed E-state index contributed by atoms with van der Waals surface area (Å²) in [6, 6.07) is 5.43. The number of methoxy groups -OCH3 is 1. The van der Waals surface area contributed by atoms with Gasteiger partial charge in [-0.3, -0.25) is 4.79 Å². The van der Waals surface area contributed by atoms with Gasteiger partial charge in [0, 0.05) is 5.56 Å². The first-order valence-corrected chi connectivity index (χ1v) is 5.96. The van der Waals surface area contributed by atoms with Gasteiger partial charge in [-0.25, -0.2) is 4.68 Å². The summed E-state index contributed by atoms with van der Waals surface area (Å²) >= 11 is 0. The van der Waals surface area contributed by atoms with E-state index in [1.807, 2.05) is 19.1 Å². The molecule has 2 aromatic rings. The van der Waals surface area contributed by atoms with Gasteiger partial charge in [0.05, 0.1) is 19.9 Å². The molecule has 0 fully saturated rings. The van der Waals surface area contributed by atoms with Crippen LogP contribution in [0.25, 0.3) is 0 Å². The van der Waals surface area contributed by atoms with E-state index in [4.69, 9.17) is 4.74 Å². The number of rotatable bonds is 4. The average molecular weight is 299 g/mol. The highest BCUT2D eigenvalue weighted by atomic mass is 19.4. The van der Waals surface area contributed by atoms with E-state index < -0.39 is 17.7 Å². The Morgan fingerprint density at radius 2 is 2.10 bits per heavy atom. The first-order chi connectivity index (χ1) is 9.81. The van der Waals surface area contributed by atoms with Crippen molar-refractivity contribution in [1.29, 1.82) is 0 Å². The summed E-state index contributed by atoms with van der Waals surface area (Å²) in [5, 5.41) is 6.80. The molecule has 5 nitrogen and oxygen atoms in total. The zero-order chi connectivity index (χ0) is 15.6. The van der Waals surface area contributed by atoms with Gasteiger partial charge in [0.2, 0.25) is 0 Å².